The van der Waals surface area contributed by atoms with Crippen molar-refractivity contribution in [3.63, 3.8) is 0 Å². The summed E-state index contributed by atoms with van der Waals surface area (Å²) in [6.45, 7) is 4.33. The molecule has 0 radical (unpaired) electrons. The lowest BCUT2D eigenvalue weighted by atomic mass is 9.87. The van der Waals surface area contributed by atoms with E-state index < -0.39 is 0 Å². The van der Waals surface area contributed by atoms with Gasteiger partial charge in [-0.1, -0.05) is 13.8 Å². The molecule has 0 saturated heterocycles. The third-order valence-electron chi connectivity index (χ3n) is 3.07. The number of pyridine rings is 1. The Morgan fingerprint density at radius 2 is 1.79 bits per heavy atom. The Labute approximate surface area is 86.5 Å². The molecule has 2 nitrogen and oxygen atoms in total. The first kappa shape index (κ1) is 11.2. The van der Waals surface area contributed by atoms with Crippen molar-refractivity contribution in [3.8, 4) is 0 Å². The highest BCUT2D eigenvalue weighted by Crippen LogP contribution is 2.18. The minimum absolute atomic E-state index is 0.0171. The van der Waals surface area contributed by atoms with E-state index in [-0.39, 0.29) is 5.54 Å². The molecular weight excluding hydrogens is 172 g/mol. The van der Waals surface area contributed by atoms with Crippen molar-refractivity contribution in [3.05, 3.63) is 30.1 Å². The molecule has 78 valence electrons. The van der Waals surface area contributed by atoms with Crippen molar-refractivity contribution < 1.29 is 0 Å². The van der Waals surface area contributed by atoms with Crippen molar-refractivity contribution in [1.29, 1.82) is 0 Å². The molecule has 0 bridgehead atoms. The second-order valence-electron chi connectivity index (χ2n) is 3.92. The molecule has 14 heavy (non-hydrogen) atoms. The van der Waals surface area contributed by atoms with Crippen molar-refractivity contribution in [2.75, 3.05) is 0 Å². The van der Waals surface area contributed by atoms with Crippen LogP contribution >= 0.6 is 0 Å². The van der Waals surface area contributed by atoms with E-state index in [4.69, 9.17) is 5.73 Å². The Balaban J connectivity index is 2.48. The minimum atomic E-state index is 0.0171. The van der Waals surface area contributed by atoms with Gasteiger partial charge in [0.2, 0.25) is 0 Å². The summed E-state index contributed by atoms with van der Waals surface area (Å²) in [7, 11) is 0. The highest BCUT2D eigenvalue weighted by Gasteiger charge is 2.19. The predicted molar refractivity (Wildman–Crippen MR) is 60.1 cm³/mol. The molecule has 1 rings (SSSR count). The standard InChI is InChI=1S/C12H20N2/c1-3-12(13,4-2)8-5-11-6-9-14-10-7-11/h6-7,9-10H,3-5,8,13H2,1-2H3. The number of aryl methyl sites for hydroxylation is 1. The van der Waals surface area contributed by atoms with E-state index in [0.717, 1.165) is 25.7 Å². The molecule has 0 aliphatic rings. The van der Waals surface area contributed by atoms with E-state index in [2.05, 4.69) is 31.0 Å². The lowest BCUT2D eigenvalue weighted by Gasteiger charge is -2.26. The third kappa shape index (κ3) is 3.11. The fourth-order valence-electron chi connectivity index (χ4n) is 1.55. The molecule has 1 aromatic rings. The van der Waals surface area contributed by atoms with E-state index in [9.17, 15) is 0 Å². The first-order chi connectivity index (χ1) is 6.70. The number of hydrogen-bond acceptors (Lipinski definition) is 2. The highest BCUT2D eigenvalue weighted by atomic mass is 14.7. The molecule has 0 aliphatic carbocycles. The number of hydrogen-bond donors (Lipinski definition) is 1. The summed E-state index contributed by atoms with van der Waals surface area (Å²) in [5.74, 6) is 0. The van der Waals surface area contributed by atoms with Crippen molar-refractivity contribution >= 4 is 0 Å². The molecule has 0 atom stereocenters. The minimum Gasteiger partial charge on any atom is -0.325 e. The van der Waals surface area contributed by atoms with Gasteiger partial charge in [0.25, 0.3) is 0 Å². The molecule has 0 spiro atoms. The molecule has 0 aliphatic heterocycles. The van der Waals surface area contributed by atoms with Gasteiger partial charge in [0.05, 0.1) is 0 Å². The molecule has 1 aromatic heterocycles. The molecule has 0 aromatic carbocycles. The fraction of sp³-hybridized carbons (Fsp3) is 0.583. The number of rotatable bonds is 5. The summed E-state index contributed by atoms with van der Waals surface area (Å²) in [5, 5.41) is 0. The summed E-state index contributed by atoms with van der Waals surface area (Å²) in [6.07, 6.45) is 7.89. The smallest absolute Gasteiger partial charge is 0.0270 e. The van der Waals surface area contributed by atoms with Crippen LogP contribution in [0.2, 0.25) is 0 Å². The molecule has 2 heteroatoms. The van der Waals surface area contributed by atoms with Crippen LogP contribution in [0, 0.1) is 0 Å². The maximum absolute atomic E-state index is 6.23. The van der Waals surface area contributed by atoms with Crippen LogP contribution in [0.25, 0.3) is 0 Å². The van der Waals surface area contributed by atoms with E-state index in [1.54, 1.807) is 0 Å². The van der Waals surface area contributed by atoms with Crippen LogP contribution < -0.4 is 5.73 Å². The molecule has 0 fully saturated rings. The van der Waals surface area contributed by atoms with Crippen LogP contribution in [0.1, 0.15) is 38.7 Å². The third-order valence-corrected chi connectivity index (χ3v) is 3.07. The highest BCUT2D eigenvalue weighted by molar-refractivity contribution is 5.10. The average Bonchev–Trinajstić information content (AvgIpc) is 2.27. The largest absolute Gasteiger partial charge is 0.325 e. The monoisotopic (exact) mass is 192 g/mol. The number of nitrogens with zero attached hydrogens (tertiary/aromatic N) is 1. The van der Waals surface area contributed by atoms with Gasteiger partial charge < -0.3 is 5.73 Å². The quantitative estimate of drug-likeness (QED) is 0.778. The van der Waals surface area contributed by atoms with Gasteiger partial charge in [-0.15, -0.1) is 0 Å². The zero-order chi connectivity index (χ0) is 10.4. The fourth-order valence-corrected chi connectivity index (χ4v) is 1.55. The van der Waals surface area contributed by atoms with E-state index in [1.165, 1.54) is 5.56 Å². The lowest BCUT2D eigenvalue weighted by molar-refractivity contribution is 0.367. The molecule has 1 heterocycles. The van der Waals surface area contributed by atoms with Crippen molar-refractivity contribution in [1.82, 2.24) is 4.98 Å². The predicted octanol–water partition coefficient (Wildman–Crippen LogP) is 2.53. The first-order valence-electron chi connectivity index (χ1n) is 5.38. The number of nitrogens with two attached hydrogens (primary N) is 1. The van der Waals surface area contributed by atoms with Crippen LogP contribution in [0.15, 0.2) is 24.5 Å². The van der Waals surface area contributed by atoms with Gasteiger partial charge in [-0.05, 0) is 43.4 Å². The zero-order valence-electron chi connectivity index (χ0n) is 9.16. The summed E-state index contributed by atoms with van der Waals surface area (Å²) in [6, 6.07) is 4.12. The van der Waals surface area contributed by atoms with Crippen LogP contribution in [0.4, 0.5) is 0 Å². The van der Waals surface area contributed by atoms with Gasteiger partial charge in [0.15, 0.2) is 0 Å². The molecule has 0 saturated carbocycles. The maximum Gasteiger partial charge on any atom is 0.0270 e. The van der Waals surface area contributed by atoms with E-state index >= 15 is 0 Å². The van der Waals surface area contributed by atoms with Crippen LogP contribution in [-0.4, -0.2) is 10.5 Å². The zero-order valence-corrected chi connectivity index (χ0v) is 9.16. The van der Waals surface area contributed by atoms with Gasteiger partial charge in [0.1, 0.15) is 0 Å². The van der Waals surface area contributed by atoms with Gasteiger partial charge in [-0.3, -0.25) is 4.98 Å². The van der Waals surface area contributed by atoms with Crippen LogP contribution in [0.5, 0.6) is 0 Å². The van der Waals surface area contributed by atoms with Crippen molar-refractivity contribution in [2.45, 2.75) is 45.1 Å². The summed E-state index contributed by atoms with van der Waals surface area (Å²) < 4.78 is 0. The average molecular weight is 192 g/mol. The first-order valence-corrected chi connectivity index (χ1v) is 5.38. The summed E-state index contributed by atoms with van der Waals surface area (Å²) in [5.41, 5.74) is 7.58. The summed E-state index contributed by atoms with van der Waals surface area (Å²) in [4.78, 5) is 4.00. The lowest BCUT2D eigenvalue weighted by Crippen LogP contribution is -2.38. The van der Waals surface area contributed by atoms with E-state index in [1.807, 2.05) is 12.4 Å². The van der Waals surface area contributed by atoms with Crippen LogP contribution in [0.3, 0.4) is 0 Å². The van der Waals surface area contributed by atoms with Gasteiger partial charge in [-0.2, -0.15) is 0 Å². The van der Waals surface area contributed by atoms with Crippen molar-refractivity contribution in [2.24, 2.45) is 5.73 Å². The Kier molecular flexibility index (Phi) is 4.08. The van der Waals surface area contributed by atoms with Gasteiger partial charge >= 0.3 is 0 Å². The molecule has 0 amide bonds. The normalized spacial score (nSPS) is 11.6. The second kappa shape index (κ2) is 5.11. The molecular formula is C12H20N2. The second-order valence-corrected chi connectivity index (χ2v) is 3.92. The summed E-state index contributed by atoms with van der Waals surface area (Å²) >= 11 is 0. The maximum atomic E-state index is 6.23. The molecule has 0 unspecified atom stereocenters. The Morgan fingerprint density at radius 3 is 2.29 bits per heavy atom. The SMILES string of the molecule is CCC(N)(CC)CCc1ccncc1. The topological polar surface area (TPSA) is 38.9 Å². The van der Waals surface area contributed by atoms with E-state index in [0.29, 0.717) is 0 Å². The Bertz CT molecular complexity index is 252. The van der Waals surface area contributed by atoms with Gasteiger partial charge in [-0.25, -0.2) is 0 Å². The Hall–Kier alpha value is -0.890. The molecule has 2 N–H and O–H groups in total. The van der Waals surface area contributed by atoms with Crippen LogP contribution in [-0.2, 0) is 6.42 Å². The number of aromatic nitrogens is 1. The Morgan fingerprint density at radius 1 is 1.21 bits per heavy atom. The van der Waals surface area contributed by atoms with Gasteiger partial charge in [0, 0.05) is 17.9 Å².